The van der Waals surface area contributed by atoms with E-state index >= 15 is 0 Å². The lowest BCUT2D eigenvalue weighted by Gasteiger charge is -2.31. The maximum absolute atomic E-state index is 12.6. The molecule has 1 saturated heterocycles. The van der Waals surface area contributed by atoms with Gasteiger partial charge in [0.15, 0.2) is 0 Å². The zero-order chi connectivity index (χ0) is 18.5. The summed E-state index contributed by atoms with van der Waals surface area (Å²) in [7, 11) is 1.68. The number of nitrogens with two attached hydrogens (primary N) is 1. The van der Waals surface area contributed by atoms with Gasteiger partial charge in [0, 0.05) is 13.1 Å². The molecule has 0 aliphatic carbocycles. The summed E-state index contributed by atoms with van der Waals surface area (Å²) >= 11 is 1.18. The van der Waals surface area contributed by atoms with Crippen LogP contribution in [0.2, 0.25) is 0 Å². The zero-order valence-electron chi connectivity index (χ0n) is 14.9. The zero-order valence-corrected chi connectivity index (χ0v) is 15.8. The molecule has 0 saturated carbocycles. The summed E-state index contributed by atoms with van der Waals surface area (Å²) in [4.78, 5) is 26.7. The minimum Gasteiger partial charge on any atom is -0.497 e. The highest BCUT2D eigenvalue weighted by molar-refractivity contribution is 7.15. The van der Waals surface area contributed by atoms with Crippen molar-refractivity contribution < 1.29 is 14.3 Å². The molecule has 1 aromatic heterocycles. The van der Waals surface area contributed by atoms with Crippen molar-refractivity contribution in [1.29, 1.82) is 0 Å². The highest BCUT2D eigenvalue weighted by atomic mass is 32.1. The number of benzene rings is 1. The van der Waals surface area contributed by atoms with E-state index in [2.05, 4.69) is 12.1 Å². The van der Waals surface area contributed by atoms with E-state index < -0.39 is 5.91 Å². The van der Waals surface area contributed by atoms with Crippen molar-refractivity contribution >= 4 is 23.2 Å². The maximum atomic E-state index is 12.6. The summed E-state index contributed by atoms with van der Waals surface area (Å²) in [5.74, 6) is 1.06. The molecule has 6 heteroatoms. The van der Waals surface area contributed by atoms with Gasteiger partial charge < -0.3 is 15.4 Å². The Hall–Kier alpha value is -2.34. The van der Waals surface area contributed by atoms with Gasteiger partial charge in [-0.05, 0) is 61.4 Å². The van der Waals surface area contributed by atoms with Crippen molar-refractivity contribution in [2.75, 3.05) is 20.2 Å². The highest BCUT2D eigenvalue weighted by Gasteiger charge is 2.24. The molecule has 2 N–H and O–H groups in total. The maximum Gasteiger partial charge on any atom is 0.263 e. The van der Waals surface area contributed by atoms with Gasteiger partial charge in [-0.15, -0.1) is 11.3 Å². The lowest BCUT2D eigenvalue weighted by atomic mass is 9.90. The first-order valence-electron chi connectivity index (χ1n) is 8.88. The van der Waals surface area contributed by atoms with Crippen LogP contribution in [0.1, 0.15) is 44.2 Å². The van der Waals surface area contributed by atoms with Gasteiger partial charge in [0.25, 0.3) is 11.8 Å². The SMILES string of the molecule is COc1ccc(CCC2CCN(C(=O)c3ccc(C(N)=O)s3)CC2)cc1. The monoisotopic (exact) mass is 372 g/mol. The van der Waals surface area contributed by atoms with Crippen LogP contribution in [-0.2, 0) is 6.42 Å². The lowest BCUT2D eigenvalue weighted by molar-refractivity contribution is 0.0691. The van der Waals surface area contributed by atoms with Gasteiger partial charge in [0.05, 0.1) is 16.9 Å². The molecule has 5 nitrogen and oxygen atoms in total. The number of hydrogen-bond donors (Lipinski definition) is 1. The number of piperidine rings is 1. The fraction of sp³-hybridized carbons (Fsp3) is 0.400. The Morgan fingerprint density at radius 1 is 1.12 bits per heavy atom. The Balaban J connectivity index is 1.47. The number of primary amides is 1. The Bertz CT molecular complexity index is 762. The molecular weight excluding hydrogens is 348 g/mol. The first-order chi connectivity index (χ1) is 12.6. The van der Waals surface area contributed by atoms with E-state index in [1.54, 1.807) is 19.2 Å². The number of methoxy groups -OCH3 is 1. The van der Waals surface area contributed by atoms with Crippen LogP contribution in [0.4, 0.5) is 0 Å². The third kappa shape index (κ3) is 4.43. The van der Waals surface area contributed by atoms with Crippen LogP contribution in [0.3, 0.4) is 0 Å². The third-order valence-electron chi connectivity index (χ3n) is 4.96. The predicted octanol–water partition coefficient (Wildman–Crippen LogP) is 3.34. The molecule has 1 fully saturated rings. The number of ether oxygens (including phenoxy) is 1. The molecule has 0 spiro atoms. The van der Waals surface area contributed by atoms with Crippen molar-refractivity contribution in [1.82, 2.24) is 4.90 Å². The fourth-order valence-corrected chi connectivity index (χ4v) is 4.15. The largest absolute Gasteiger partial charge is 0.497 e. The second-order valence-electron chi connectivity index (χ2n) is 6.65. The minimum atomic E-state index is -0.480. The van der Waals surface area contributed by atoms with E-state index in [4.69, 9.17) is 10.5 Å². The molecule has 138 valence electrons. The van der Waals surface area contributed by atoms with E-state index in [1.165, 1.54) is 16.9 Å². The molecule has 3 rings (SSSR count). The summed E-state index contributed by atoms with van der Waals surface area (Å²) in [6.07, 6.45) is 4.24. The van der Waals surface area contributed by atoms with Gasteiger partial charge in [-0.25, -0.2) is 0 Å². The molecule has 0 bridgehead atoms. The Labute approximate surface area is 157 Å². The molecule has 0 radical (unpaired) electrons. The second kappa shape index (κ2) is 8.36. The first kappa shape index (κ1) is 18.5. The van der Waals surface area contributed by atoms with Gasteiger partial charge in [0.1, 0.15) is 5.75 Å². The molecule has 2 heterocycles. The van der Waals surface area contributed by atoms with Crippen molar-refractivity contribution in [2.24, 2.45) is 11.7 Å². The van der Waals surface area contributed by atoms with Gasteiger partial charge >= 0.3 is 0 Å². The predicted molar refractivity (Wildman–Crippen MR) is 103 cm³/mol. The first-order valence-corrected chi connectivity index (χ1v) is 9.70. The van der Waals surface area contributed by atoms with E-state index in [9.17, 15) is 9.59 Å². The molecule has 1 aliphatic rings. The topological polar surface area (TPSA) is 72.6 Å². The second-order valence-corrected chi connectivity index (χ2v) is 7.73. The normalized spacial score (nSPS) is 15.0. The standard InChI is InChI=1S/C20H24N2O3S/c1-25-16-6-4-14(5-7-16)2-3-15-10-12-22(13-11-15)20(24)18-9-8-17(26-18)19(21)23/h4-9,15H,2-3,10-13H2,1H3,(H2,21,23). The van der Waals surface area contributed by atoms with Gasteiger partial charge in [0.2, 0.25) is 0 Å². The minimum absolute atomic E-state index is 0.0103. The number of thiophene rings is 1. The highest BCUT2D eigenvalue weighted by Crippen LogP contribution is 2.25. The summed E-state index contributed by atoms with van der Waals surface area (Å²) < 4.78 is 5.19. The number of aryl methyl sites for hydroxylation is 1. The smallest absolute Gasteiger partial charge is 0.263 e. The summed E-state index contributed by atoms with van der Waals surface area (Å²) in [5.41, 5.74) is 6.58. The van der Waals surface area contributed by atoms with Crippen LogP contribution in [0.5, 0.6) is 5.75 Å². The Morgan fingerprint density at radius 3 is 2.35 bits per heavy atom. The molecule has 26 heavy (non-hydrogen) atoms. The van der Waals surface area contributed by atoms with Crippen molar-refractivity contribution in [3.63, 3.8) is 0 Å². The average Bonchev–Trinajstić information content (AvgIpc) is 3.17. The number of hydrogen-bond acceptors (Lipinski definition) is 4. The van der Waals surface area contributed by atoms with Crippen LogP contribution < -0.4 is 10.5 Å². The van der Waals surface area contributed by atoms with Crippen molar-refractivity contribution in [3.05, 3.63) is 51.7 Å². The molecule has 1 aromatic carbocycles. The van der Waals surface area contributed by atoms with Crippen LogP contribution in [0.15, 0.2) is 36.4 Å². The number of rotatable bonds is 6. The summed E-state index contributed by atoms with van der Waals surface area (Å²) in [6, 6.07) is 11.6. The lowest BCUT2D eigenvalue weighted by Crippen LogP contribution is -2.38. The molecule has 0 unspecified atom stereocenters. The molecule has 0 atom stereocenters. The van der Waals surface area contributed by atoms with Crippen LogP contribution in [0.25, 0.3) is 0 Å². The number of nitrogens with zero attached hydrogens (tertiary/aromatic N) is 1. The number of carbonyl (C=O) groups excluding carboxylic acids is 2. The summed E-state index contributed by atoms with van der Waals surface area (Å²) in [6.45, 7) is 1.55. The van der Waals surface area contributed by atoms with Crippen LogP contribution in [0, 0.1) is 5.92 Å². The molecule has 2 aromatic rings. The van der Waals surface area contributed by atoms with Crippen LogP contribution in [-0.4, -0.2) is 36.9 Å². The fourth-order valence-electron chi connectivity index (χ4n) is 3.33. The average molecular weight is 372 g/mol. The van der Waals surface area contributed by atoms with E-state index in [0.29, 0.717) is 15.7 Å². The molecule has 2 amide bonds. The van der Waals surface area contributed by atoms with Gasteiger partial charge in [-0.1, -0.05) is 12.1 Å². The van der Waals surface area contributed by atoms with E-state index in [-0.39, 0.29) is 5.91 Å². The third-order valence-corrected chi connectivity index (χ3v) is 6.05. The van der Waals surface area contributed by atoms with Crippen molar-refractivity contribution in [3.8, 4) is 5.75 Å². The van der Waals surface area contributed by atoms with E-state index in [1.807, 2.05) is 17.0 Å². The quantitative estimate of drug-likeness (QED) is 0.845. The molecule has 1 aliphatic heterocycles. The van der Waals surface area contributed by atoms with Crippen molar-refractivity contribution in [2.45, 2.75) is 25.7 Å². The van der Waals surface area contributed by atoms with Crippen LogP contribution >= 0.6 is 11.3 Å². The Kier molecular flexibility index (Phi) is 5.93. The number of likely N-dealkylation sites (tertiary alicyclic amines) is 1. The number of amides is 2. The Morgan fingerprint density at radius 2 is 1.77 bits per heavy atom. The van der Waals surface area contributed by atoms with Gasteiger partial charge in [-0.3, -0.25) is 9.59 Å². The van der Waals surface area contributed by atoms with Gasteiger partial charge in [-0.2, -0.15) is 0 Å². The number of carbonyl (C=O) groups is 2. The molecular formula is C20H24N2O3S. The summed E-state index contributed by atoms with van der Waals surface area (Å²) in [5, 5.41) is 0. The van der Waals surface area contributed by atoms with E-state index in [0.717, 1.165) is 44.5 Å².